The first-order valence-corrected chi connectivity index (χ1v) is 30.6. The Balaban J connectivity index is 1.19. The van der Waals surface area contributed by atoms with Crippen molar-refractivity contribution in [2.75, 3.05) is 4.90 Å². The van der Waals surface area contributed by atoms with Crippen LogP contribution in [0.3, 0.4) is 0 Å². The molecule has 0 radical (unpaired) electrons. The van der Waals surface area contributed by atoms with Gasteiger partial charge in [-0.15, -0.1) is 0 Å². The molecule has 0 fully saturated rings. The van der Waals surface area contributed by atoms with Crippen LogP contribution in [0.25, 0.3) is 93.2 Å². The largest absolute Gasteiger partial charge is 0.310 e. The molecule has 424 valence electrons. The second-order valence-electron chi connectivity index (χ2n) is 30.5. The van der Waals surface area contributed by atoms with Gasteiger partial charge in [0.25, 0.3) is 0 Å². The average molecular weight is 1100 g/mol. The fourth-order valence-corrected chi connectivity index (χ4v) is 12.6. The number of hydrogen-bond acceptors (Lipinski definition) is 1. The maximum atomic E-state index is 2.59. The fourth-order valence-electron chi connectivity index (χ4n) is 12.6. The molecule has 0 saturated carbocycles. The molecule has 0 aliphatic heterocycles. The molecule has 0 saturated heterocycles. The molecule has 84 heavy (non-hydrogen) atoms. The summed E-state index contributed by atoms with van der Waals surface area (Å²) < 4.78 is 2.49. The van der Waals surface area contributed by atoms with Crippen molar-refractivity contribution in [2.24, 2.45) is 0 Å². The van der Waals surface area contributed by atoms with E-state index in [2.05, 4.69) is 328 Å². The number of aromatic nitrogens is 1. The molecule has 2 nitrogen and oxygen atoms in total. The monoisotopic (exact) mass is 1100 g/mol. The first-order chi connectivity index (χ1) is 39.4. The van der Waals surface area contributed by atoms with E-state index in [1.54, 1.807) is 0 Å². The van der Waals surface area contributed by atoms with E-state index in [0.29, 0.717) is 0 Å². The number of hydrogen-bond donors (Lipinski definition) is 0. The van der Waals surface area contributed by atoms with Crippen LogP contribution in [0.2, 0.25) is 0 Å². The second kappa shape index (κ2) is 19.8. The topological polar surface area (TPSA) is 8.17 Å². The second-order valence-corrected chi connectivity index (χ2v) is 30.5. The summed E-state index contributed by atoms with van der Waals surface area (Å²) in [5, 5.41) is 9.99. The lowest BCUT2D eigenvalue weighted by Crippen LogP contribution is -2.17. The molecule has 12 rings (SSSR count). The summed E-state index contributed by atoms with van der Waals surface area (Å²) in [5.41, 5.74) is 22.0. The first-order valence-electron chi connectivity index (χ1n) is 30.6. The maximum absolute atomic E-state index is 2.59. The molecule has 2 heteroatoms. The van der Waals surface area contributed by atoms with E-state index >= 15 is 0 Å². The van der Waals surface area contributed by atoms with E-state index in [4.69, 9.17) is 0 Å². The normalized spacial score (nSPS) is 13.1. The SMILES string of the molecule is CC(C)(C)c1cc(-c2cccc(N(c3cc(-c4cc(C(C)(C)C)cc(C(C)(C)C)c4)cc(-c4cc(C(C)(C)C)cc(C(C)(C)C)c4)c3)c3ccc4ccc5c(-n6c7ccccc7c7ccccc76)ccc6ccc3c4c65)c2)cc(C(C)(C)C)c1. The van der Waals surface area contributed by atoms with Gasteiger partial charge >= 0.3 is 0 Å². The molecular weight excluding hydrogens is 1010 g/mol. The van der Waals surface area contributed by atoms with Gasteiger partial charge in [0.1, 0.15) is 0 Å². The lowest BCUT2D eigenvalue weighted by molar-refractivity contribution is 0.568. The lowest BCUT2D eigenvalue weighted by atomic mass is 9.78. The fraction of sp³-hybridized carbons (Fsp3) is 0.293. The molecule has 12 aromatic rings. The quantitative estimate of drug-likeness (QED) is 0.144. The van der Waals surface area contributed by atoms with E-state index in [1.807, 2.05) is 0 Å². The molecule has 0 N–H and O–H groups in total. The van der Waals surface area contributed by atoms with E-state index in [-0.39, 0.29) is 32.5 Å². The number of anilines is 3. The Labute approximate surface area is 501 Å². The summed E-state index contributed by atoms with van der Waals surface area (Å²) >= 11 is 0. The molecule has 0 aliphatic rings. The summed E-state index contributed by atoms with van der Waals surface area (Å²) in [6, 6.07) is 75.6. The van der Waals surface area contributed by atoms with Crippen LogP contribution in [0, 0.1) is 0 Å². The highest BCUT2D eigenvalue weighted by Crippen LogP contribution is 2.49. The average Bonchev–Trinajstić information content (AvgIpc) is 1.29. The van der Waals surface area contributed by atoms with Gasteiger partial charge in [0, 0.05) is 32.9 Å². The van der Waals surface area contributed by atoms with Crippen LogP contribution in [-0.2, 0) is 32.5 Å². The predicted octanol–water partition coefficient (Wildman–Crippen LogP) is 23.9. The Kier molecular flexibility index (Phi) is 13.4. The van der Waals surface area contributed by atoms with Crippen LogP contribution >= 0.6 is 0 Å². The third kappa shape index (κ3) is 10.3. The minimum absolute atomic E-state index is 0.0338. The van der Waals surface area contributed by atoms with Gasteiger partial charge in [-0.2, -0.15) is 0 Å². The van der Waals surface area contributed by atoms with Gasteiger partial charge in [-0.25, -0.2) is 0 Å². The Morgan fingerprint density at radius 2 is 0.619 bits per heavy atom. The van der Waals surface area contributed by atoms with Crippen LogP contribution in [-0.4, -0.2) is 4.57 Å². The smallest absolute Gasteiger partial charge is 0.0541 e. The number of rotatable bonds is 7. The summed E-state index contributed by atoms with van der Waals surface area (Å²) in [5.74, 6) is 0. The third-order valence-corrected chi connectivity index (χ3v) is 18.0. The molecule has 1 heterocycles. The lowest BCUT2D eigenvalue weighted by Gasteiger charge is -2.30. The molecule has 0 amide bonds. The van der Waals surface area contributed by atoms with Crippen LogP contribution in [0.1, 0.15) is 158 Å². The van der Waals surface area contributed by atoms with Crippen molar-refractivity contribution < 1.29 is 0 Å². The molecule has 0 spiro atoms. The number of benzene rings is 11. The van der Waals surface area contributed by atoms with E-state index in [1.165, 1.54) is 127 Å². The Hall–Kier alpha value is -7.94. The Morgan fingerprint density at radius 3 is 1.06 bits per heavy atom. The molecule has 1 aromatic heterocycles. The highest BCUT2D eigenvalue weighted by molar-refractivity contribution is 6.27. The van der Waals surface area contributed by atoms with E-state index in [9.17, 15) is 0 Å². The van der Waals surface area contributed by atoms with Gasteiger partial charge in [-0.1, -0.05) is 264 Å². The van der Waals surface area contributed by atoms with Gasteiger partial charge in [0.2, 0.25) is 0 Å². The van der Waals surface area contributed by atoms with Crippen molar-refractivity contribution >= 4 is 71.2 Å². The van der Waals surface area contributed by atoms with Gasteiger partial charge in [-0.05, 0) is 175 Å². The minimum Gasteiger partial charge on any atom is -0.310 e. The summed E-state index contributed by atoms with van der Waals surface area (Å²) in [6.07, 6.45) is 0. The summed E-state index contributed by atoms with van der Waals surface area (Å²) in [7, 11) is 0. The van der Waals surface area contributed by atoms with Crippen LogP contribution < -0.4 is 4.90 Å². The van der Waals surface area contributed by atoms with Crippen LogP contribution in [0.4, 0.5) is 17.1 Å². The highest BCUT2D eigenvalue weighted by Gasteiger charge is 2.28. The number of para-hydroxylation sites is 2. The van der Waals surface area contributed by atoms with Crippen LogP contribution in [0.15, 0.2) is 194 Å². The van der Waals surface area contributed by atoms with Crippen molar-refractivity contribution in [1.29, 1.82) is 0 Å². The van der Waals surface area contributed by atoms with Crippen molar-refractivity contribution in [1.82, 2.24) is 4.57 Å². The van der Waals surface area contributed by atoms with Crippen LogP contribution in [0.5, 0.6) is 0 Å². The summed E-state index contributed by atoms with van der Waals surface area (Å²) in [4.78, 5) is 2.59. The zero-order valence-electron chi connectivity index (χ0n) is 53.4. The predicted molar refractivity (Wildman–Crippen MR) is 368 cm³/mol. The Morgan fingerprint density at radius 1 is 0.262 bits per heavy atom. The molecule has 0 unspecified atom stereocenters. The van der Waals surface area contributed by atoms with E-state index in [0.717, 1.165) is 17.1 Å². The Bertz CT molecular complexity index is 4290. The minimum atomic E-state index is -0.0636. The number of nitrogens with zero attached hydrogens (tertiary/aromatic N) is 2. The molecular formula is C82H86N2. The number of fused-ring (bicyclic) bond motifs is 3. The van der Waals surface area contributed by atoms with Crippen molar-refractivity contribution in [2.45, 2.75) is 157 Å². The zero-order valence-corrected chi connectivity index (χ0v) is 53.4. The maximum Gasteiger partial charge on any atom is 0.0541 e. The van der Waals surface area contributed by atoms with Crippen molar-refractivity contribution in [3.8, 4) is 39.1 Å². The molecule has 0 atom stereocenters. The standard InChI is InChI=1S/C82H86N2/c1-77(2,3)59-39-56(40-60(48-59)78(4,5)6)53-24-23-25-65(45-53)83(73-36-32-51-31-35-70-74(37-33-52-30-34-69(73)75(51)76(52)70)84-71-28-21-19-26-67(71)68-27-20-22-29-72(68)84)66-46-54(57-41-61(79(7,8)9)49-62(42-57)80(10,11)12)38-55(47-66)58-43-63(81(13,14)15)50-64(44-58)82(16,17)18/h19-50H,1-18H3. The first kappa shape index (κ1) is 56.5. The highest BCUT2D eigenvalue weighted by atomic mass is 15.1. The van der Waals surface area contributed by atoms with Gasteiger partial charge in [0.05, 0.1) is 22.4 Å². The van der Waals surface area contributed by atoms with Crippen molar-refractivity contribution in [3.63, 3.8) is 0 Å². The van der Waals surface area contributed by atoms with Gasteiger partial charge < -0.3 is 9.47 Å². The van der Waals surface area contributed by atoms with E-state index < -0.39 is 0 Å². The summed E-state index contributed by atoms with van der Waals surface area (Å²) in [6.45, 7) is 42.2. The molecule has 11 aromatic carbocycles. The third-order valence-electron chi connectivity index (χ3n) is 18.0. The van der Waals surface area contributed by atoms with Gasteiger partial charge in [-0.3, -0.25) is 0 Å². The van der Waals surface area contributed by atoms with Gasteiger partial charge in [0.15, 0.2) is 0 Å². The van der Waals surface area contributed by atoms with Crippen molar-refractivity contribution in [3.05, 3.63) is 228 Å². The molecule has 0 bridgehead atoms. The molecule has 0 aliphatic carbocycles. The zero-order chi connectivity index (χ0) is 59.8.